The van der Waals surface area contributed by atoms with Crippen LogP contribution in [0.3, 0.4) is 0 Å². The van der Waals surface area contributed by atoms with E-state index in [9.17, 15) is 0 Å². The number of rotatable bonds is 9. The molecule has 0 fully saturated rings. The van der Waals surface area contributed by atoms with Crippen LogP contribution in [0.5, 0.6) is 0 Å². The van der Waals surface area contributed by atoms with Gasteiger partial charge in [0.25, 0.3) is 0 Å². The molecule has 12 aromatic rings. The Morgan fingerprint density at radius 3 is 1.65 bits per heavy atom. The van der Waals surface area contributed by atoms with Crippen molar-refractivity contribution in [2.45, 2.75) is 27.2 Å². The van der Waals surface area contributed by atoms with Crippen molar-refractivity contribution in [1.29, 1.82) is 0 Å². The molecule has 0 atom stereocenters. The molecule has 0 bridgehead atoms. The molecule has 344 valence electrons. The molecule has 0 saturated heterocycles. The van der Waals surface area contributed by atoms with Crippen molar-refractivity contribution in [3.05, 3.63) is 274 Å². The Kier molecular flexibility index (Phi) is 13.4. The topological polar surface area (TPSA) is 13.1 Å². The molecule has 0 radical (unpaired) electrons. The van der Waals surface area contributed by atoms with E-state index in [2.05, 4.69) is 277 Å². The van der Waals surface area contributed by atoms with Crippen LogP contribution < -0.4 is 4.90 Å². The van der Waals surface area contributed by atoms with Gasteiger partial charge < -0.3 is 14.0 Å². The summed E-state index contributed by atoms with van der Waals surface area (Å²) in [4.78, 5) is 2.38. The van der Waals surface area contributed by atoms with Gasteiger partial charge in [-0.15, -0.1) is 6.58 Å². The quantitative estimate of drug-likeness (QED) is 0.104. The van der Waals surface area contributed by atoms with Crippen LogP contribution >= 0.6 is 0 Å². The van der Waals surface area contributed by atoms with E-state index in [0.29, 0.717) is 0 Å². The van der Waals surface area contributed by atoms with Crippen LogP contribution in [0.4, 0.5) is 17.1 Å². The Morgan fingerprint density at radius 2 is 0.986 bits per heavy atom. The van der Waals surface area contributed by atoms with Crippen molar-refractivity contribution in [2.24, 2.45) is 0 Å². The number of hydrogen-bond acceptors (Lipinski definition) is 1. The molecule has 10 aromatic carbocycles. The normalized spacial score (nSPS) is 11.1. The number of fused-ring (bicyclic) bond motifs is 8. The number of para-hydroxylation sites is 3. The molecule has 71 heavy (non-hydrogen) atoms. The standard InChI is InChI=1S/C58H39N3.C6H10.C4H8/c1-4-15-40(16-5-1)42-27-31-47(32-28-42)59(48-22-14-19-44(37-48)41-17-6-2-7-18-41)49-33-29-43-30-34-50(39-45(43)38-49)61-54-25-12-10-23-51(54)52-35-36-56-57(58(52)61)53-24-11-13-26-55(53)60(56)46-20-8-3-9-21-46;1-3-5-6-4-2;1-4(2)3/h1-39H;3,5-6H,1,4H2,2H3;1H2,2-3H3/b;6-5-;. The summed E-state index contributed by atoms with van der Waals surface area (Å²) in [6, 6.07) is 85.9. The van der Waals surface area contributed by atoms with Crippen molar-refractivity contribution in [3.8, 4) is 33.6 Å². The fraction of sp³-hybridized carbons (Fsp3) is 0.0588. The van der Waals surface area contributed by atoms with Gasteiger partial charge in [0.2, 0.25) is 0 Å². The lowest BCUT2D eigenvalue weighted by molar-refractivity contribution is 1.18. The first-order valence-corrected chi connectivity index (χ1v) is 24.5. The maximum Gasteiger partial charge on any atom is 0.0641 e. The van der Waals surface area contributed by atoms with Crippen molar-refractivity contribution >= 4 is 71.4 Å². The van der Waals surface area contributed by atoms with Crippen LogP contribution in [0.1, 0.15) is 27.2 Å². The molecule has 0 N–H and O–H groups in total. The van der Waals surface area contributed by atoms with Crippen LogP contribution in [0, 0.1) is 0 Å². The molecule has 12 rings (SSSR count). The maximum absolute atomic E-state index is 3.56. The third-order valence-corrected chi connectivity index (χ3v) is 12.8. The van der Waals surface area contributed by atoms with Crippen molar-refractivity contribution in [2.75, 3.05) is 4.90 Å². The van der Waals surface area contributed by atoms with E-state index >= 15 is 0 Å². The minimum Gasteiger partial charge on any atom is -0.310 e. The zero-order chi connectivity index (χ0) is 48.7. The van der Waals surface area contributed by atoms with Crippen molar-refractivity contribution in [1.82, 2.24) is 9.13 Å². The Bertz CT molecular complexity index is 3830. The first kappa shape index (κ1) is 45.8. The number of allylic oxidation sites excluding steroid dienone is 4. The van der Waals surface area contributed by atoms with E-state index in [4.69, 9.17) is 0 Å². The molecule has 3 heteroatoms. The number of hydrogen-bond donors (Lipinski definition) is 0. The monoisotopic (exact) mass is 915 g/mol. The molecular weight excluding hydrogens is 859 g/mol. The zero-order valence-electron chi connectivity index (χ0n) is 40.7. The summed E-state index contributed by atoms with van der Waals surface area (Å²) < 4.78 is 4.90. The smallest absolute Gasteiger partial charge is 0.0641 e. The fourth-order valence-corrected chi connectivity index (χ4v) is 9.70. The van der Waals surface area contributed by atoms with Gasteiger partial charge in [-0.3, -0.25) is 0 Å². The summed E-state index contributed by atoms with van der Waals surface area (Å²) in [5, 5.41) is 7.35. The van der Waals surface area contributed by atoms with Gasteiger partial charge in [-0.2, -0.15) is 0 Å². The molecule has 0 spiro atoms. The molecule has 2 heterocycles. The number of benzene rings is 10. The Hall–Kier alpha value is -8.92. The first-order chi connectivity index (χ1) is 34.9. The average Bonchev–Trinajstić information content (AvgIpc) is 3.94. The maximum atomic E-state index is 3.56. The molecule has 2 aromatic heterocycles. The minimum atomic E-state index is 1.10. The van der Waals surface area contributed by atoms with Crippen molar-refractivity contribution < 1.29 is 0 Å². The zero-order valence-corrected chi connectivity index (χ0v) is 40.7. The van der Waals surface area contributed by atoms with E-state index < -0.39 is 0 Å². The second-order valence-electron chi connectivity index (χ2n) is 18.1. The van der Waals surface area contributed by atoms with Gasteiger partial charge in [0.1, 0.15) is 0 Å². The Labute approximate surface area is 417 Å². The first-order valence-electron chi connectivity index (χ1n) is 24.5. The van der Waals surface area contributed by atoms with Gasteiger partial charge in [-0.1, -0.05) is 195 Å². The number of nitrogens with zero attached hydrogens (tertiary/aromatic N) is 3. The lowest BCUT2D eigenvalue weighted by Gasteiger charge is -2.26. The van der Waals surface area contributed by atoms with E-state index in [1.54, 1.807) is 6.08 Å². The van der Waals surface area contributed by atoms with Crippen LogP contribution in [-0.4, -0.2) is 9.13 Å². The van der Waals surface area contributed by atoms with Gasteiger partial charge in [-0.05, 0) is 132 Å². The average molecular weight is 916 g/mol. The van der Waals surface area contributed by atoms with E-state index in [0.717, 1.165) is 34.9 Å². The predicted octanol–water partition coefficient (Wildman–Crippen LogP) is 19.6. The fourth-order valence-electron chi connectivity index (χ4n) is 9.70. The minimum absolute atomic E-state index is 1.10. The third-order valence-electron chi connectivity index (χ3n) is 12.8. The molecular formula is C68H57N3. The Morgan fingerprint density at radius 1 is 0.437 bits per heavy atom. The van der Waals surface area contributed by atoms with Gasteiger partial charge in [0.05, 0.1) is 22.1 Å². The summed E-state index contributed by atoms with van der Waals surface area (Å²) in [5.74, 6) is 0. The summed E-state index contributed by atoms with van der Waals surface area (Å²) in [7, 11) is 0. The van der Waals surface area contributed by atoms with Crippen molar-refractivity contribution in [3.63, 3.8) is 0 Å². The van der Waals surface area contributed by atoms with E-state index in [-0.39, 0.29) is 0 Å². The largest absolute Gasteiger partial charge is 0.310 e. The van der Waals surface area contributed by atoms with E-state index in [1.807, 2.05) is 19.9 Å². The Balaban J connectivity index is 0.000000532. The van der Waals surface area contributed by atoms with Crippen LogP contribution in [0.25, 0.3) is 88.0 Å². The SMILES string of the molecule is C=C(C)C.C=C/C=C\CC.c1ccc(-c2ccc(N(c3cccc(-c4ccccc4)c3)c3ccc4ccc(-n5c6ccccc6c6ccc7c(c8ccccc8n7-c7ccccc7)c65)cc4c3)cc2)cc1. The highest BCUT2D eigenvalue weighted by Crippen LogP contribution is 2.43. The predicted molar refractivity (Wildman–Crippen MR) is 308 cm³/mol. The highest BCUT2D eigenvalue weighted by molar-refractivity contribution is 6.26. The van der Waals surface area contributed by atoms with Crippen LogP contribution in [-0.2, 0) is 0 Å². The second kappa shape index (κ2) is 20.7. The van der Waals surface area contributed by atoms with Gasteiger partial charge in [-0.25, -0.2) is 0 Å². The van der Waals surface area contributed by atoms with E-state index in [1.165, 1.54) is 82.2 Å². The number of aromatic nitrogens is 2. The third kappa shape index (κ3) is 9.34. The molecule has 0 unspecified atom stereocenters. The van der Waals surface area contributed by atoms with Crippen LogP contribution in [0.2, 0.25) is 0 Å². The molecule has 0 aliphatic heterocycles. The second-order valence-corrected chi connectivity index (χ2v) is 18.1. The van der Waals surface area contributed by atoms with Gasteiger partial charge in [0.15, 0.2) is 0 Å². The summed E-state index contributed by atoms with van der Waals surface area (Å²) >= 11 is 0. The van der Waals surface area contributed by atoms with Gasteiger partial charge >= 0.3 is 0 Å². The highest BCUT2D eigenvalue weighted by Gasteiger charge is 2.21. The molecule has 3 nitrogen and oxygen atoms in total. The number of anilines is 3. The summed E-state index contributed by atoms with van der Waals surface area (Å²) in [5.41, 5.74) is 16.3. The van der Waals surface area contributed by atoms with Gasteiger partial charge in [0, 0.05) is 50.0 Å². The summed E-state index contributed by atoms with van der Waals surface area (Å²) in [6.45, 7) is 13.1. The molecule has 0 saturated carbocycles. The molecule has 0 amide bonds. The lowest BCUT2D eigenvalue weighted by atomic mass is 10.0. The van der Waals surface area contributed by atoms with Crippen LogP contribution in [0.15, 0.2) is 274 Å². The molecule has 0 aliphatic carbocycles. The molecule has 0 aliphatic rings. The lowest BCUT2D eigenvalue weighted by Crippen LogP contribution is -2.10. The summed E-state index contributed by atoms with van der Waals surface area (Å²) in [6.07, 6.45) is 6.89. The highest BCUT2D eigenvalue weighted by atomic mass is 15.1.